The number of rotatable bonds is 4. The molecular weight excluding hydrogens is 232 g/mol. The number of fused-ring (bicyclic) bond motifs is 1. The first-order valence-corrected chi connectivity index (χ1v) is 7.34. The van der Waals surface area contributed by atoms with Crippen molar-refractivity contribution >= 4 is 10.8 Å². The molecule has 2 heteroatoms. The lowest BCUT2D eigenvalue weighted by molar-refractivity contribution is 0.390. The summed E-state index contributed by atoms with van der Waals surface area (Å²) in [5.74, 6) is 0. The highest BCUT2D eigenvalue weighted by Crippen LogP contribution is 2.18. The molecule has 0 amide bonds. The van der Waals surface area contributed by atoms with Crippen molar-refractivity contribution in [1.29, 1.82) is 0 Å². The van der Waals surface area contributed by atoms with Crippen LogP contribution in [0.5, 0.6) is 0 Å². The molecule has 1 saturated heterocycles. The Bertz CT molecular complexity index is 524. The Morgan fingerprint density at radius 2 is 1.79 bits per heavy atom. The Labute approximate surface area is 115 Å². The zero-order chi connectivity index (χ0) is 12.9. The Morgan fingerprint density at radius 1 is 1.00 bits per heavy atom. The van der Waals surface area contributed by atoms with Gasteiger partial charge in [0, 0.05) is 6.04 Å². The SMILES string of the molecule is c1ccc2c(CCNC3CCNCC3)cccc2c1. The van der Waals surface area contributed by atoms with Crippen LogP contribution in [0.15, 0.2) is 42.5 Å². The van der Waals surface area contributed by atoms with E-state index in [-0.39, 0.29) is 0 Å². The highest BCUT2D eigenvalue weighted by atomic mass is 15.0. The summed E-state index contributed by atoms with van der Waals surface area (Å²) >= 11 is 0. The summed E-state index contributed by atoms with van der Waals surface area (Å²) in [6, 6.07) is 16.0. The summed E-state index contributed by atoms with van der Waals surface area (Å²) in [5.41, 5.74) is 1.46. The summed E-state index contributed by atoms with van der Waals surface area (Å²) in [6.45, 7) is 3.40. The summed E-state index contributed by atoms with van der Waals surface area (Å²) in [7, 11) is 0. The number of hydrogen-bond donors (Lipinski definition) is 2. The van der Waals surface area contributed by atoms with E-state index in [1.165, 1.54) is 29.2 Å². The lowest BCUT2D eigenvalue weighted by Gasteiger charge is -2.23. The Kier molecular flexibility index (Phi) is 4.11. The van der Waals surface area contributed by atoms with Crippen molar-refractivity contribution in [3.8, 4) is 0 Å². The van der Waals surface area contributed by atoms with Crippen LogP contribution in [0.3, 0.4) is 0 Å². The van der Waals surface area contributed by atoms with Gasteiger partial charge in [-0.2, -0.15) is 0 Å². The lowest BCUT2D eigenvalue weighted by Crippen LogP contribution is -2.40. The third-order valence-corrected chi connectivity index (χ3v) is 4.05. The molecule has 3 rings (SSSR count). The molecule has 0 saturated carbocycles. The normalized spacial score (nSPS) is 16.8. The maximum Gasteiger partial charge on any atom is 0.00913 e. The van der Waals surface area contributed by atoms with Gasteiger partial charge < -0.3 is 10.6 Å². The number of hydrogen-bond acceptors (Lipinski definition) is 2. The molecule has 0 aromatic heterocycles. The van der Waals surface area contributed by atoms with Crippen molar-refractivity contribution in [1.82, 2.24) is 10.6 Å². The predicted octanol–water partition coefficient (Wildman–Crippen LogP) is 2.72. The second kappa shape index (κ2) is 6.18. The van der Waals surface area contributed by atoms with E-state index >= 15 is 0 Å². The minimum atomic E-state index is 0.705. The summed E-state index contributed by atoms with van der Waals surface area (Å²) in [4.78, 5) is 0. The molecule has 0 aliphatic carbocycles. The van der Waals surface area contributed by atoms with Gasteiger partial charge in [0.25, 0.3) is 0 Å². The van der Waals surface area contributed by atoms with E-state index in [1.807, 2.05) is 0 Å². The molecule has 2 nitrogen and oxygen atoms in total. The van der Waals surface area contributed by atoms with Crippen LogP contribution in [0.4, 0.5) is 0 Å². The van der Waals surface area contributed by atoms with Gasteiger partial charge in [0.15, 0.2) is 0 Å². The van der Waals surface area contributed by atoms with E-state index in [9.17, 15) is 0 Å². The minimum Gasteiger partial charge on any atom is -0.317 e. The van der Waals surface area contributed by atoms with Gasteiger partial charge in [-0.1, -0.05) is 42.5 Å². The van der Waals surface area contributed by atoms with E-state index in [2.05, 4.69) is 53.1 Å². The first-order chi connectivity index (χ1) is 9.43. The standard InChI is InChI=1S/C17H22N2/c1-2-7-17-14(4-1)5-3-6-15(17)8-13-19-16-9-11-18-12-10-16/h1-7,16,18-19H,8-13H2. The van der Waals surface area contributed by atoms with Gasteiger partial charge in [-0.25, -0.2) is 0 Å². The number of nitrogens with one attached hydrogen (secondary N) is 2. The van der Waals surface area contributed by atoms with Crippen molar-refractivity contribution in [3.05, 3.63) is 48.0 Å². The summed E-state index contributed by atoms with van der Waals surface area (Å²) in [5, 5.41) is 9.85. The van der Waals surface area contributed by atoms with Gasteiger partial charge >= 0.3 is 0 Å². The second-order valence-corrected chi connectivity index (χ2v) is 5.37. The van der Waals surface area contributed by atoms with E-state index in [4.69, 9.17) is 0 Å². The Morgan fingerprint density at radius 3 is 2.68 bits per heavy atom. The fraction of sp³-hybridized carbons (Fsp3) is 0.412. The molecule has 0 atom stereocenters. The van der Waals surface area contributed by atoms with E-state index in [0.29, 0.717) is 6.04 Å². The molecule has 0 bridgehead atoms. The first kappa shape index (κ1) is 12.6. The van der Waals surface area contributed by atoms with E-state index in [1.54, 1.807) is 0 Å². The van der Waals surface area contributed by atoms with Crippen molar-refractivity contribution in [2.75, 3.05) is 19.6 Å². The van der Waals surface area contributed by atoms with Crippen LogP contribution in [-0.2, 0) is 6.42 Å². The molecule has 0 radical (unpaired) electrons. The molecule has 2 aromatic carbocycles. The second-order valence-electron chi connectivity index (χ2n) is 5.37. The fourth-order valence-electron chi connectivity index (χ4n) is 2.95. The number of benzene rings is 2. The number of piperidine rings is 1. The van der Waals surface area contributed by atoms with Crippen LogP contribution in [-0.4, -0.2) is 25.7 Å². The van der Waals surface area contributed by atoms with Gasteiger partial charge in [0.2, 0.25) is 0 Å². The third-order valence-electron chi connectivity index (χ3n) is 4.05. The smallest absolute Gasteiger partial charge is 0.00913 e. The van der Waals surface area contributed by atoms with Crippen LogP contribution < -0.4 is 10.6 Å². The van der Waals surface area contributed by atoms with Crippen molar-refractivity contribution in [2.24, 2.45) is 0 Å². The van der Waals surface area contributed by atoms with Crippen LogP contribution in [0.1, 0.15) is 18.4 Å². The molecular formula is C17H22N2. The monoisotopic (exact) mass is 254 g/mol. The van der Waals surface area contributed by atoms with Gasteiger partial charge in [-0.15, -0.1) is 0 Å². The molecule has 1 heterocycles. The zero-order valence-corrected chi connectivity index (χ0v) is 11.4. The molecule has 0 unspecified atom stereocenters. The zero-order valence-electron chi connectivity index (χ0n) is 11.4. The van der Waals surface area contributed by atoms with Crippen LogP contribution in [0.25, 0.3) is 10.8 Å². The van der Waals surface area contributed by atoms with Gasteiger partial charge in [0.05, 0.1) is 0 Å². The molecule has 100 valence electrons. The van der Waals surface area contributed by atoms with Crippen molar-refractivity contribution in [3.63, 3.8) is 0 Å². The third kappa shape index (κ3) is 3.14. The van der Waals surface area contributed by atoms with Crippen LogP contribution in [0.2, 0.25) is 0 Å². The topological polar surface area (TPSA) is 24.1 Å². The molecule has 19 heavy (non-hydrogen) atoms. The summed E-state index contributed by atoms with van der Waals surface area (Å²) < 4.78 is 0. The van der Waals surface area contributed by atoms with Crippen LogP contribution >= 0.6 is 0 Å². The van der Waals surface area contributed by atoms with E-state index < -0.39 is 0 Å². The maximum absolute atomic E-state index is 3.69. The minimum absolute atomic E-state index is 0.705. The molecule has 0 spiro atoms. The molecule has 1 aliphatic heterocycles. The molecule has 1 fully saturated rings. The Hall–Kier alpha value is -1.38. The molecule has 2 aromatic rings. The Balaban J connectivity index is 1.62. The van der Waals surface area contributed by atoms with Crippen molar-refractivity contribution < 1.29 is 0 Å². The van der Waals surface area contributed by atoms with Crippen molar-refractivity contribution in [2.45, 2.75) is 25.3 Å². The average molecular weight is 254 g/mol. The summed E-state index contributed by atoms with van der Waals surface area (Å²) in [6.07, 6.45) is 3.64. The molecule has 2 N–H and O–H groups in total. The molecule has 1 aliphatic rings. The van der Waals surface area contributed by atoms with Gasteiger partial charge in [-0.05, 0) is 55.2 Å². The highest BCUT2D eigenvalue weighted by molar-refractivity contribution is 5.85. The predicted molar refractivity (Wildman–Crippen MR) is 81.5 cm³/mol. The van der Waals surface area contributed by atoms with Crippen LogP contribution in [0, 0.1) is 0 Å². The van der Waals surface area contributed by atoms with Gasteiger partial charge in [0.1, 0.15) is 0 Å². The highest BCUT2D eigenvalue weighted by Gasteiger charge is 2.11. The maximum atomic E-state index is 3.69. The largest absolute Gasteiger partial charge is 0.317 e. The first-order valence-electron chi connectivity index (χ1n) is 7.34. The lowest BCUT2D eigenvalue weighted by atomic mass is 10.0. The van der Waals surface area contributed by atoms with E-state index in [0.717, 1.165) is 26.1 Å². The quantitative estimate of drug-likeness (QED) is 0.876. The van der Waals surface area contributed by atoms with Gasteiger partial charge in [-0.3, -0.25) is 0 Å². The average Bonchev–Trinajstić information content (AvgIpc) is 2.49. The fourth-order valence-corrected chi connectivity index (χ4v) is 2.95.